The predicted molar refractivity (Wildman–Crippen MR) is 64.2 cm³/mol. The summed E-state index contributed by atoms with van der Waals surface area (Å²) >= 11 is 3.31. The minimum absolute atomic E-state index is 0.293. The van der Waals surface area contributed by atoms with Crippen LogP contribution in [0.25, 0.3) is 0 Å². The second-order valence-electron chi connectivity index (χ2n) is 3.26. The van der Waals surface area contributed by atoms with Crippen molar-refractivity contribution in [1.29, 1.82) is 0 Å². The Morgan fingerprint density at radius 2 is 2.19 bits per heavy atom. The molecule has 2 rings (SSSR count). The monoisotopic (exact) mass is 281 g/mol. The van der Waals surface area contributed by atoms with Crippen LogP contribution in [0.1, 0.15) is 5.69 Å². The number of rotatable bonds is 2. The summed E-state index contributed by atoms with van der Waals surface area (Å²) in [7, 11) is 0. The molecule has 0 saturated carbocycles. The molecule has 82 valence electrons. The number of aromatic nitrogens is 2. The van der Waals surface area contributed by atoms with Gasteiger partial charge in [0.25, 0.3) is 0 Å². The van der Waals surface area contributed by atoms with Gasteiger partial charge in [0.1, 0.15) is 5.82 Å². The van der Waals surface area contributed by atoms with Crippen molar-refractivity contribution in [2.75, 3.05) is 5.32 Å². The van der Waals surface area contributed by atoms with E-state index in [0.717, 1.165) is 10.2 Å². The minimum atomic E-state index is -0.293. The lowest BCUT2D eigenvalue weighted by Gasteiger charge is -2.05. The molecule has 2 aromatic rings. The van der Waals surface area contributed by atoms with E-state index in [1.54, 1.807) is 18.3 Å². The first-order valence-electron chi connectivity index (χ1n) is 4.67. The fourth-order valence-corrected chi connectivity index (χ4v) is 1.40. The number of nitrogens with one attached hydrogen (secondary N) is 1. The molecule has 0 saturated heterocycles. The maximum absolute atomic E-state index is 12.9. The van der Waals surface area contributed by atoms with E-state index in [9.17, 15) is 4.39 Å². The van der Waals surface area contributed by atoms with Crippen LogP contribution in [0.5, 0.6) is 0 Å². The maximum Gasteiger partial charge on any atom is 0.227 e. The molecule has 0 amide bonds. The fraction of sp³-hybridized carbons (Fsp3) is 0.0909. The van der Waals surface area contributed by atoms with Crippen LogP contribution in [0.3, 0.4) is 0 Å². The van der Waals surface area contributed by atoms with Crippen LogP contribution in [0.2, 0.25) is 0 Å². The lowest BCUT2D eigenvalue weighted by atomic mass is 10.3. The Labute approximate surface area is 101 Å². The van der Waals surface area contributed by atoms with Crippen LogP contribution in [-0.2, 0) is 0 Å². The highest BCUT2D eigenvalue weighted by molar-refractivity contribution is 9.10. The molecule has 0 spiro atoms. The third-order valence-corrected chi connectivity index (χ3v) is 2.78. The molecule has 0 fully saturated rings. The van der Waals surface area contributed by atoms with Crippen LogP contribution in [0.15, 0.2) is 34.9 Å². The summed E-state index contributed by atoms with van der Waals surface area (Å²) in [4.78, 5) is 8.28. The smallest absolute Gasteiger partial charge is 0.227 e. The van der Waals surface area contributed by atoms with Gasteiger partial charge in [-0.3, -0.25) is 0 Å². The number of halogens is 2. The first kappa shape index (κ1) is 11.0. The van der Waals surface area contributed by atoms with Gasteiger partial charge in [-0.2, -0.15) is 0 Å². The summed E-state index contributed by atoms with van der Waals surface area (Å²) in [5.74, 6) is 0.158. The van der Waals surface area contributed by atoms with Crippen LogP contribution in [0.4, 0.5) is 16.0 Å². The lowest BCUT2D eigenvalue weighted by molar-refractivity contribution is 0.628. The summed E-state index contributed by atoms with van der Waals surface area (Å²) in [5.41, 5.74) is 1.45. The summed E-state index contributed by atoms with van der Waals surface area (Å²) in [6, 6.07) is 6.16. The van der Waals surface area contributed by atoms with E-state index < -0.39 is 0 Å². The number of anilines is 2. The highest BCUT2D eigenvalue weighted by Gasteiger charge is 2.01. The average molecular weight is 282 g/mol. The molecule has 0 atom stereocenters. The second-order valence-corrected chi connectivity index (χ2v) is 4.12. The molecule has 0 radical (unpaired) electrons. The Morgan fingerprint density at radius 3 is 2.88 bits per heavy atom. The maximum atomic E-state index is 12.9. The van der Waals surface area contributed by atoms with Crippen molar-refractivity contribution in [2.45, 2.75) is 6.92 Å². The minimum Gasteiger partial charge on any atom is -0.324 e. The van der Waals surface area contributed by atoms with Gasteiger partial charge in [-0.1, -0.05) is 6.07 Å². The van der Waals surface area contributed by atoms with Crippen LogP contribution < -0.4 is 5.32 Å². The molecule has 0 aliphatic carbocycles. The Hall–Kier alpha value is -1.49. The van der Waals surface area contributed by atoms with Crippen molar-refractivity contribution in [1.82, 2.24) is 9.97 Å². The zero-order valence-corrected chi connectivity index (χ0v) is 10.1. The Kier molecular flexibility index (Phi) is 3.14. The van der Waals surface area contributed by atoms with E-state index in [4.69, 9.17) is 0 Å². The molecule has 1 aromatic heterocycles. The predicted octanol–water partition coefficient (Wildman–Crippen LogP) is 3.43. The number of nitrogens with zero attached hydrogens (tertiary/aromatic N) is 2. The summed E-state index contributed by atoms with van der Waals surface area (Å²) in [6.45, 7) is 1.86. The van der Waals surface area contributed by atoms with Crippen molar-refractivity contribution < 1.29 is 4.39 Å². The molecule has 1 heterocycles. The van der Waals surface area contributed by atoms with Crippen molar-refractivity contribution in [3.05, 3.63) is 46.4 Å². The van der Waals surface area contributed by atoms with Gasteiger partial charge in [-0.25, -0.2) is 14.4 Å². The molecule has 0 aliphatic heterocycles. The zero-order chi connectivity index (χ0) is 11.5. The quantitative estimate of drug-likeness (QED) is 0.917. The molecular formula is C11H9BrFN3. The second kappa shape index (κ2) is 4.57. The van der Waals surface area contributed by atoms with Gasteiger partial charge in [0.15, 0.2) is 0 Å². The van der Waals surface area contributed by atoms with E-state index in [1.165, 1.54) is 12.1 Å². The topological polar surface area (TPSA) is 37.8 Å². The van der Waals surface area contributed by atoms with Crippen LogP contribution in [-0.4, -0.2) is 9.97 Å². The van der Waals surface area contributed by atoms with E-state index in [2.05, 4.69) is 31.2 Å². The van der Waals surface area contributed by atoms with E-state index in [0.29, 0.717) is 11.6 Å². The van der Waals surface area contributed by atoms with Crippen molar-refractivity contribution >= 4 is 27.6 Å². The number of aryl methyl sites for hydroxylation is 1. The number of hydrogen-bond donors (Lipinski definition) is 1. The molecule has 0 bridgehead atoms. The van der Waals surface area contributed by atoms with Gasteiger partial charge in [0.05, 0.1) is 10.2 Å². The molecule has 1 N–H and O–H groups in total. The first-order chi connectivity index (χ1) is 7.65. The number of benzene rings is 1. The fourth-order valence-electron chi connectivity index (χ4n) is 1.21. The normalized spacial score (nSPS) is 10.2. The molecule has 0 unspecified atom stereocenters. The lowest BCUT2D eigenvalue weighted by Crippen LogP contribution is -1.98. The Morgan fingerprint density at radius 1 is 1.38 bits per heavy atom. The van der Waals surface area contributed by atoms with Gasteiger partial charge in [0.2, 0.25) is 5.95 Å². The largest absolute Gasteiger partial charge is 0.324 e. The van der Waals surface area contributed by atoms with E-state index >= 15 is 0 Å². The highest BCUT2D eigenvalue weighted by Crippen LogP contribution is 2.17. The Bertz CT molecular complexity index is 516. The van der Waals surface area contributed by atoms with Crippen molar-refractivity contribution in [2.24, 2.45) is 0 Å². The van der Waals surface area contributed by atoms with E-state index in [-0.39, 0.29) is 5.82 Å². The molecule has 3 nitrogen and oxygen atoms in total. The summed E-state index contributed by atoms with van der Waals surface area (Å²) in [5, 5.41) is 2.93. The summed E-state index contributed by atoms with van der Waals surface area (Å²) < 4.78 is 13.8. The van der Waals surface area contributed by atoms with Gasteiger partial charge < -0.3 is 5.32 Å². The van der Waals surface area contributed by atoms with Gasteiger partial charge in [-0.15, -0.1) is 0 Å². The number of hydrogen-bond acceptors (Lipinski definition) is 3. The Balaban J connectivity index is 2.24. The van der Waals surface area contributed by atoms with Gasteiger partial charge >= 0.3 is 0 Å². The van der Waals surface area contributed by atoms with Gasteiger partial charge in [-0.05, 0) is 41.1 Å². The highest BCUT2D eigenvalue weighted by atomic mass is 79.9. The molecular weight excluding hydrogens is 273 g/mol. The van der Waals surface area contributed by atoms with Crippen molar-refractivity contribution in [3.63, 3.8) is 0 Å². The average Bonchev–Trinajstić information content (AvgIpc) is 2.24. The molecule has 16 heavy (non-hydrogen) atoms. The molecule has 0 aliphatic rings. The van der Waals surface area contributed by atoms with E-state index in [1.807, 2.05) is 6.92 Å². The molecule has 1 aromatic carbocycles. The summed E-state index contributed by atoms with van der Waals surface area (Å²) in [6.07, 6.45) is 1.66. The SMILES string of the molecule is Cc1nc(Nc2cccc(F)c2)ncc1Br. The van der Waals surface area contributed by atoms with Gasteiger partial charge in [0, 0.05) is 11.9 Å². The van der Waals surface area contributed by atoms with Crippen LogP contribution >= 0.6 is 15.9 Å². The third kappa shape index (κ3) is 2.55. The first-order valence-corrected chi connectivity index (χ1v) is 5.46. The van der Waals surface area contributed by atoms with Crippen molar-refractivity contribution in [3.8, 4) is 0 Å². The van der Waals surface area contributed by atoms with Crippen LogP contribution in [0, 0.1) is 12.7 Å². The zero-order valence-electron chi connectivity index (χ0n) is 8.54. The molecule has 5 heteroatoms. The third-order valence-electron chi connectivity index (χ3n) is 2.00. The standard InChI is InChI=1S/C11H9BrFN3/c1-7-10(12)6-14-11(15-7)16-9-4-2-3-8(13)5-9/h2-6H,1H3,(H,14,15,16).